The Labute approximate surface area is 186 Å². The van der Waals surface area contributed by atoms with Crippen LogP contribution in [0.3, 0.4) is 0 Å². The van der Waals surface area contributed by atoms with Crippen LogP contribution in [0.1, 0.15) is 49.3 Å². The number of nitrogens with one attached hydrogen (secondary N) is 1. The van der Waals surface area contributed by atoms with Crippen molar-refractivity contribution >= 4 is 28.8 Å². The molecule has 1 unspecified atom stereocenters. The Morgan fingerprint density at radius 1 is 1.19 bits per heavy atom. The summed E-state index contributed by atoms with van der Waals surface area (Å²) < 4.78 is 1.68. The zero-order valence-corrected chi connectivity index (χ0v) is 19.6. The first-order chi connectivity index (χ1) is 14.5. The van der Waals surface area contributed by atoms with Gasteiger partial charge in [-0.3, -0.25) is 19.2 Å². The molecule has 0 aliphatic carbocycles. The summed E-state index contributed by atoms with van der Waals surface area (Å²) >= 11 is 1.58. The minimum Gasteiger partial charge on any atom is -0.349 e. The maximum absolute atomic E-state index is 13.8. The van der Waals surface area contributed by atoms with Crippen molar-refractivity contribution in [1.82, 2.24) is 15.1 Å². The molecule has 0 radical (unpaired) electrons. The number of carbonyl (C=O) groups is 2. The highest BCUT2D eigenvalue weighted by Crippen LogP contribution is 2.37. The zero-order chi connectivity index (χ0) is 22.6. The largest absolute Gasteiger partial charge is 0.349 e. The van der Waals surface area contributed by atoms with Crippen molar-refractivity contribution in [2.45, 2.75) is 59.2 Å². The third-order valence-electron chi connectivity index (χ3n) is 5.72. The van der Waals surface area contributed by atoms with Crippen LogP contribution in [0.5, 0.6) is 0 Å². The second-order valence-corrected chi connectivity index (χ2v) is 10.3. The van der Waals surface area contributed by atoms with E-state index in [0.29, 0.717) is 5.69 Å². The maximum Gasteiger partial charge on any atom is 0.277 e. The number of nitrogens with zero attached hydrogens (tertiary/aromatic N) is 3. The molecule has 0 bridgehead atoms. The van der Waals surface area contributed by atoms with Gasteiger partial charge in [0.15, 0.2) is 0 Å². The molecule has 1 atom stereocenters. The number of hydrogen-bond acceptors (Lipinski definition) is 4. The SMILES string of the molecule is Cc1cccc(N2C(=O)c3cc(-c4cccs4)nn3CC2(C)C(=O)NC(C)(C)C)c1C. The van der Waals surface area contributed by atoms with E-state index in [2.05, 4.69) is 10.4 Å². The molecule has 1 aliphatic heterocycles. The number of aryl methyl sites for hydroxylation is 1. The number of hydrogen-bond donors (Lipinski definition) is 1. The third-order valence-corrected chi connectivity index (χ3v) is 6.61. The predicted molar refractivity (Wildman–Crippen MR) is 125 cm³/mol. The van der Waals surface area contributed by atoms with Gasteiger partial charge in [-0.05, 0) is 76.2 Å². The van der Waals surface area contributed by atoms with Gasteiger partial charge in [0.25, 0.3) is 5.91 Å². The van der Waals surface area contributed by atoms with Crippen LogP contribution in [0.15, 0.2) is 41.8 Å². The summed E-state index contributed by atoms with van der Waals surface area (Å²) in [5, 5.41) is 9.75. The first kappa shape index (κ1) is 21.3. The number of anilines is 1. The van der Waals surface area contributed by atoms with Crippen molar-refractivity contribution < 1.29 is 9.59 Å². The van der Waals surface area contributed by atoms with E-state index in [1.807, 2.05) is 83.3 Å². The van der Waals surface area contributed by atoms with Crippen LogP contribution in [0.4, 0.5) is 5.69 Å². The Morgan fingerprint density at radius 2 is 1.94 bits per heavy atom. The van der Waals surface area contributed by atoms with Gasteiger partial charge in [-0.2, -0.15) is 5.10 Å². The standard InChI is InChI=1S/C24H28N4O2S/c1-15-9-7-10-18(16(15)2)28-21(29)19-13-17(20-11-8-12-31-20)26-27(19)14-24(28,6)22(30)25-23(3,4)5/h7-13H,14H2,1-6H3,(H,25,30). The molecule has 0 saturated heterocycles. The van der Waals surface area contributed by atoms with E-state index in [0.717, 1.165) is 27.4 Å². The fourth-order valence-electron chi connectivity index (χ4n) is 3.96. The Hall–Kier alpha value is -2.93. The molecular weight excluding hydrogens is 408 g/mol. The minimum atomic E-state index is -1.13. The molecule has 1 N–H and O–H groups in total. The van der Waals surface area contributed by atoms with Crippen molar-refractivity contribution in [3.63, 3.8) is 0 Å². The first-order valence-corrected chi connectivity index (χ1v) is 11.2. The zero-order valence-electron chi connectivity index (χ0n) is 18.8. The van der Waals surface area contributed by atoms with E-state index in [1.165, 1.54) is 0 Å². The smallest absolute Gasteiger partial charge is 0.277 e. The van der Waals surface area contributed by atoms with Gasteiger partial charge in [0.1, 0.15) is 16.9 Å². The van der Waals surface area contributed by atoms with Gasteiger partial charge < -0.3 is 5.32 Å². The summed E-state index contributed by atoms with van der Waals surface area (Å²) in [6.07, 6.45) is 0. The van der Waals surface area contributed by atoms with E-state index >= 15 is 0 Å². The van der Waals surface area contributed by atoms with Crippen molar-refractivity contribution in [3.8, 4) is 10.6 Å². The van der Waals surface area contributed by atoms with Crippen LogP contribution in [0.2, 0.25) is 0 Å². The molecule has 4 rings (SSSR count). The molecule has 1 aromatic carbocycles. The van der Waals surface area contributed by atoms with E-state index in [-0.39, 0.29) is 18.4 Å². The second-order valence-electron chi connectivity index (χ2n) is 9.39. The Morgan fingerprint density at radius 3 is 2.58 bits per heavy atom. The number of fused-ring (bicyclic) bond motifs is 1. The van der Waals surface area contributed by atoms with Gasteiger partial charge in [-0.25, -0.2) is 0 Å². The molecule has 3 heterocycles. The maximum atomic E-state index is 13.8. The Balaban J connectivity index is 1.88. The fourth-order valence-corrected chi connectivity index (χ4v) is 4.64. The molecule has 162 valence electrons. The van der Waals surface area contributed by atoms with E-state index in [1.54, 1.807) is 20.9 Å². The molecule has 0 spiro atoms. The molecule has 6 nitrogen and oxygen atoms in total. The molecule has 3 aromatic rings. The summed E-state index contributed by atoms with van der Waals surface area (Å²) in [4.78, 5) is 30.1. The Kier molecular flexibility index (Phi) is 5.04. The lowest BCUT2D eigenvalue weighted by Crippen LogP contribution is -2.66. The molecule has 0 fully saturated rings. The lowest BCUT2D eigenvalue weighted by molar-refractivity contribution is -0.128. The van der Waals surface area contributed by atoms with Crippen LogP contribution in [0, 0.1) is 13.8 Å². The molecule has 1 aliphatic rings. The predicted octanol–water partition coefficient (Wildman–Crippen LogP) is 4.56. The summed E-state index contributed by atoms with van der Waals surface area (Å²) in [6.45, 7) is 11.9. The van der Waals surface area contributed by atoms with Crippen LogP contribution in [-0.2, 0) is 11.3 Å². The summed E-state index contributed by atoms with van der Waals surface area (Å²) in [5.41, 5.74) is 2.49. The number of thiophene rings is 1. The quantitative estimate of drug-likeness (QED) is 0.654. The van der Waals surface area contributed by atoms with E-state index in [9.17, 15) is 9.59 Å². The number of aromatic nitrogens is 2. The van der Waals surface area contributed by atoms with Gasteiger partial charge in [0, 0.05) is 11.2 Å². The van der Waals surface area contributed by atoms with Gasteiger partial charge >= 0.3 is 0 Å². The monoisotopic (exact) mass is 436 g/mol. The molecule has 31 heavy (non-hydrogen) atoms. The van der Waals surface area contributed by atoms with Crippen LogP contribution >= 0.6 is 11.3 Å². The van der Waals surface area contributed by atoms with Crippen molar-refractivity contribution in [3.05, 3.63) is 58.6 Å². The lowest BCUT2D eigenvalue weighted by atomic mass is 9.91. The first-order valence-electron chi connectivity index (χ1n) is 10.4. The number of benzene rings is 1. The van der Waals surface area contributed by atoms with E-state index in [4.69, 9.17) is 0 Å². The average Bonchev–Trinajstić information content (AvgIpc) is 3.33. The highest BCUT2D eigenvalue weighted by atomic mass is 32.1. The van der Waals surface area contributed by atoms with Crippen molar-refractivity contribution in [1.29, 1.82) is 0 Å². The second kappa shape index (κ2) is 7.34. The lowest BCUT2D eigenvalue weighted by Gasteiger charge is -2.45. The summed E-state index contributed by atoms with van der Waals surface area (Å²) in [6, 6.07) is 11.6. The molecule has 7 heteroatoms. The molecule has 2 amide bonds. The van der Waals surface area contributed by atoms with Crippen LogP contribution in [0.25, 0.3) is 10.6 Å². The number of rotatable bonds is 3. The normalized spacial score (nSPS) is 18.8. The summed E-state index contributed by atoms with van der Waals surface area (Å²) in [7, 11) is 0. The van der Waals surface area contributed by atoms with Gasteiger partial charge in [-0.1, -0.05) is 18.2 Å². The molecular formula is C24H28N4O2S. The van der Waals surface area contributed by atoms with Gasteiger partial charge in [0.2, 0.25) is 5.91 Å². The van der Waals surface area contributed by atoms with E-state index < -0.39 is 11.1 Å². The van der Waals surface area contributed by atoms with Crippen molar-refractivity contribution in [2.24, 2.45) is 0 Å². The van der Waals surface area contributed by atoms with Gasteiger partial charge in [0.05, 0.1) is 11.4 Å². The molecule has 0 saturated carbocycles. The van der Waals surface area contributed by atoms with Crippen LogP contribution in [-0.4, -0.2) is 32.7 Å². The minimum absolute atomic E-state index is 0.201. The Bertz CT molecular complexity index is 1160. The fraction of sp³-hybridized carbons (Fsp3) is 0.375. The number of amides is 2. The topological polar surface area (TPSA) is 67.2 Å². The van der Waals surface area contributed by atoms with Crippen molar-refractivity contribution in [2.75, 3.05) is 4.90 Å². The average molecular weight is 437 g/mol. The van der Waals surface area contributed by atoms with Crippen LogP contribution < -0.4 is 10.2 Å². The van der Waals surface area contributed by atoms with Gasteiger partial charge in [-0.15, -0.1) is 11.3 Å². The highest BCUT2D eigenvalue weighted by molar-refractivity contribution is 7.13. The highest BCUT2D eigenvalue weighted by Gasteiger charge is 2.50. The third kappa shape index (κ3) is 3.67. The number of carbonyl (C=O) groups excluding carboxylic acids is 2. The summed E-state index contributed by atoms with van der Waals surface area (Å²) in [5.74, 6) is -0.421. The molecule has 2 aromatic heterocycles.